The average molecular weight is 539 g/mol. The van der Waals surface area contributed by atoms with Crippen LogP contribution in [0.4, 0.5) is 11.6 Å². The van der Waals surface area contributed by atoms with E-state index < -0.39 is 5.91 Å². The number of phenols is 1. The summed E-state index contributed by atoms with van der Waals surface area (Å²) in [7, 11) is 1.65. The van der Waals surface area contributed by atoms with Crippen molar-refractivity contribution in [3.8, 4) is 11.5 Å². The van der Waals surface area contributed by atoms with Crippen molar-refractivity contribution in [1.29, 1.82) is 0 Å². The van der Waals surface area contributed by atoms with Crippen molar-refractivity contribution in [1.82, 2.24) is 25.1 Å². The van der Waals surface area contributed by atoms with Gasteiger partial charge in [0.25, 0.3) is 5.91 Å². The molecule has 1 fully saturated rings. The summed E-state index contributed by atoms with van der Waals surface area (Å²) in [5, 5.41) is 16.9. The zero-order valence-electron chi connectivity index (χ0n) is 22.1. The van der Waals surface area contributed by atoms with Crippen LogP contribution in [0.2, 0.25) is 0 Å². The van der Waals surface area contributed by atoms with E-state index >= 15 is 0 Å². The summed E-state index contributed by atoms with van der Waals surface area (Å²) in [5.74, 6) is 1.22. The van der Waals surface area contributed by atoms with Crippen molar-refractivity contribution in [2.24, 2.45) is 9.98 Å². The summed E-state index contributed by atoms with van der Waals surface area (Å²) >= 11 is 0. The number of hydrogen-bond donors (Lipinski definition) is 3. The zero-order chi connectivity index (χ0) is 27.0. The van der Waals surface area contributed by atoms with E-state index in [0.29, 0.717) is 61.6 Å². The first-order valence-corrected chi connectivity index (χ1v) is 13.2. The van der Waals surface area contributed by atoms with Gasteiger partial charge in [-0.1, -0.05) is 0 Å². The highest BCUT2D eigenvalue weighted by atomic mass is 16.5. The molecule has 0 unspecified atom stereocenters. The monoisotopic (exact) mass is 538 g/mol. The van der Waals surface area contributed by atoms with Crippen molar-refractivity contribution in [3.05, 3.63) is 35.7 Å². The molecular formula is C26H34N8O5. The van der Waals surface area contributed by atoms with Gasteiger partial charge in [0, 0.05) is 64.4 Å². The molecule has 208 valence electrons. The number of methoxy groups -OCH3 is 1. The second-order valence-corrected chi connectivity index (χ2v) is 9.28. The van der Waals surface area contributed by atoms with Crippen molar-refractivity contribution >= 4 is 29.3 Å². The smallest absolute Gasteiger partial charge is 0.261 e. The Balaban J connectivity index is 1.25. The van der Waals surface area contributed by atoms with Gasteiger partial charge in [-0.15, -0.1) is 0 Å². The molecule has 3 aliphatic heterocycles. The number of aromatic hydroxyl groups is 1. The number of nitrogens with zero attached hydrogens (tertiary/aromatic N) is 6. The van der Waals surface area contributed by atoms with Crippen molar-refractivity contribution in [2.75, 3.05) is 78.1 Å². The lowest BCUT2D eigenvalue weighted by atomic mass is 10.1. The lowest BCUT2D eigenvalue weighted by Gasteiger charge is -2.28. The summed E-state index contributed by atoms with van der Waals surface area (Å²) < 4.78 is 16.3. The summed E-state index contributed by atoms with van der Waals surface area (Å²) in [4.78, 5) is 34.8. The fourth-order valence-corrected chi connectivity index (χ4v) is 4.54. The lowest BCUT2D eigenvalue weighted by molar-refractivity contribution is 0.0357. The van der Waals surface area contributed by atoms with Crippen LogP contribution < -0.4 is 15.4 Å². The van der Waals surface area contributed by atoms with Crippen LogP contribution in [0.25, 0.3) is 0 Å². The van der Waals surface area contributed by atoms with Crippen LogP contribution in [-0.2, 0) is 9.47 Å². The number of amidine groups is 1. The first-order chi connectivity index (χ1) is 19.1. The number of guanidine groups is 1. The Morgan fingerprint density at radius 3 is 2.74 bits per heavy atom. The van der Waals surface area contributed by atoms with Gasteiger partial charge in [-0.3, -0.25) is 24.9 Å². The Hall–Kier alpha value is -3.81. The number of fused-ring (bicyclic) bond motifs is 3. The number of nitrogens with one attached hydrogen (secondary N) is 2. The fourth-order valence-electron chi connectivity index (χ4n) is 4.54. The number of amides is 1. The van der Waals surface area contributed by atoms with Gasteiger partial charge < -0.3 is 24.6 Å². The summed E-state index contributed by atoms with van der Waals surface area (Å²) in [6.45, 7) is 7.15. The Morgan fingerprint density at radius 1 is 1.13 bits per heavy atom. The molecule has 0 spiro atoms. The Labute approximate surface area is 226 Å². The van der Waals surface area contributed by atoms with Crippen LogP contribution in [0.3, 0.4) is 0 Å². The third-order valence-electron chi connectivity index (χ3n) is 6.60. The van der Waals surface area contributed by atoms with Gasteiger partial charge in [-0.25, -0.2) is 15.0 Å². The highest BCUT2D eigenvalue weighted by Crippen LogP contribution is 2.42. The standard InChI is InChI=1S/C26H34N8O5/c1-37-12-2-6-28-25-29-16-18(17-30-25)24(36)32-26-31-21-19(23-27-7-9-34(23)26)4-5-20(22(21)35)39-13-3-8-33-10-14-38-15-11-33/h4-5,16-17,35H,2-3,6-15H2,1H3,(H,28,29,30)(H,31,32,36). The molecule has 39 heavy (non-hydrogen) atoms. The minimum Gasteiger partial charge on any atom is -0.503 e. The van der Waals surface area contributed by atoms with Crippen LogP contribution in [-0.4, -0.2) is 115 Å². The molecule has 0 bridgehead atoms. The number of phenolic OH excluding ortho intramolecular Hbond substituents is 1. The molecule has 0 saturated carbocycles. The van der Waals surface area contributed by atoms with E-state index in [-0.39, 0.29) is 17.3 Å². The molecule has 1 aromatic carbocycles. The molecule has 1 amide bonds. The number of rotatable bonds is 11. The number of aromatic nitrogens is 2. The Morgan fingerprint density at radius 2 is 1.95 bits per heavy atom. The van der Waals surface area contributed by atoms with E-state index in [1.165, 1.54) is 12.4 Å². The molecule has 5 rings (SSSR count). The van der Waals surface area contributed by atoms with Crippen LogP contribution in [0.1, 0.15) is 28.8 Å². The highest BCUT2D eigenvalue weighted by Gasteiger charge is 2.33. The highest BCUT2D eigenvalue weighted by molar-refractivity contribution is 6.20. The van der Waals surface area contributed by atoms with E-state index in [9.17, 15) is 9.90 Å². The number of benzene rings is 1. The number of carbonyl (C=O) groups excluding carboxylic acids is 1. The van der Waals surface area contributed by atoms with E-state index in [1.54, 1.807) is 13.2 Å². The molecule has 0 radical (unpaired) electrons. The van der Waals surface area contributed by atoms with Gasteiger partial charge in [-0.05, 0) is 25.0 Å². The quantitative estimate of drug-likeness (QED) is 0.357. The number of anilines is 1. The maximum Gasteiger partial charge on any atom is 0.261 e. The fraction of sp³-hybridized carbons (Fsp3) is 0.500. The molecule has 3 aliphatic rings. The van der Waals surface area contributed by atoms with Crippen LogP contribution in [0.15, 0.2) is 34.5 Å². The molecule has 1 aromatic heterocycles. The maximum atomic E-state index is 13.0. The number of ether oxygens (including phenoxy) is 3. The minimum absolute atomic E-state index is 0.0768. The normalized spacial score (nSPS) is 16.7. The van der Waals surface area contributed by atoms with Gasteiger partial charge in [0.15, 0.2) is 11.5 Å². The van der Waals surface area contributed by atoms with E-state index in [4.69, 9.17) is 14.2 Å². The minimum atomic E-state index is -0.413. The topological polar surface area (TPSA) is 146 Å². The summed E-state index contributed by atoms with van der Waals surface area (Å²) in [5.41, 5.74) is 1.29. The van der Waals surface area contributed by atoms with Crippen LogP contribution >= 0.6 is 0 Å². The van der Waals surface area contributed by atoms with E-state index in [0.717, 1.165) is 45.7 Å². The van der Waals surface area contributed by atoms with Gasteiger partial charge in [0.05, 0.1) is 31.9 Å². The first-order valence-electron chi connectivity index (χ1n) is 13.2. The van der Waals surface area contributed by atoms with E-state index in [2.05, 4.69) is 35.5 Å². The third kappa shape index (κ3) is 6.44. The van der Waals surface area contributed by atoms with Gasteiger partial charge >= 0.3 is 0 Å². The zero-order valence-corrected chi connectivity index (χ0v) is 22.1. The third-order valence-corrected chi connectivity index (χ3v) is 6.60. The molecular weight excluding hydrogens is 504 g/mol. The molecule has 0 aliphatic carbocycles. The van der Waals surface area contributed by atoms with Gasteiger partial charge in [0.2, 0.25) is 11.9 Å². The average Bonchev–Trinajstić information content (AvgIpc) is 3.46. The number of hydrogen-bond acceptors (Lipinski definition) is 12. The molecule has 3 N–H and O–H groups in total. The maximum absolute atomic E-state index is 13.0. The van der Waals surface area contributed by atoms with Gasteiger partial charge in [0.1, 0.15) is 11.5 Å². The second kappa shape index (κ2) is 12.8. The predicted octanol–water partition coefficient (Wildman–Crippen LogP) is 1.23. The van der Waals surface area contributed by atoms with Crippen molar-refractivity contribution in [2.45, 2.75) is 12.8 Å². The van der Waals surface area contributed by atoms with Crippen molar-refractivity contribution in [3.63, 3.8) is 0 Å². The lowest BCUT2D eigenvalue weighted by Crippen LogP contribution is -2.47. The number of morpholine rings is 1. The molecule has 0 atom stereocenters. The largest absolute Gasteiger partial charge is 0.503 e. The number of carbonyl (C=O) groups is 1. The SMILES string of the molecule is COCCCNc1ncc(C(=O)NC2=Nc3c(ccc(OCCCN4CCOCC4)c3O)C3=NCCN23)cn1. The van der Waals surface area contributed by atoms with Crippen LogP contribution in [0, 0.1) is 0 Å². The van der Waals surface area contributed by atoms with Crippen molar-refractivity contribution < 1.29 is 24.1 Å². The molecule has 4 heterocycles. The molecule has 2 aromatic rings. The molecule has 13 heteroatoms. The first kappa shape index (κ1) is 26.8. The molecule has 13 nitrogen and oxygen atoms in total. The summed E-state index contributed by atoms with van der Waals surface area (Å²) in [6, 6.07) is 3.58. The number of aliphatic imine (C=N–C) groups is 2. The van der Waals surface area contributed by atoms with E-state index in [1.807, 2.05) is 11.0 Å². The Kier molecular flexibility index (Phi) is 8.81. The van der Waals surface area contributed by atoms with Crippen LogP contribution in [0.5, 0.6) is 11.5 Å². The van der Waals surface area contributed by atoms with Gasteiger partial charge in [-0.2, -0.15) is 0 Å². The molecule has 1 saturated heterocycles. The summed E-state index contributed by atoms with van der Waals surface area (Å²) in [6.07, 6.45) is 4.55. The predicted molar refractivity (Wildman–Crippen MR) is 145 cm³/mol. The Bertz CT molecular complexity index is 1210. The second-order valence-electron chi connectivity index (χ2n) is 9.28.